The molecule has 2 amide bonds. The van der Waals surface area contributed by atoms with E-state index in [1.165, 1.54) is 18.2 Å². The molecule has 6 heteroatoms. The van der Waals surface area contributed by atoms with Crippen LogP contribution in [0.5, 0.6) is 0 Å². The van der Waals surface area contributed by atoms with Crippen molar-refractivity contribution in [2.24, 2.45) is 0 Å². The van der Waals surface area contributed by atoms with Crippen molar-refractivity contribution in [3.8, 4) is 0 Å². The Bertz CT molecular complexity index is 1020. The predicted octanol–water partition coefficient (Wildman–Crippen LogP) is 3.21. The van der Waals surface area contributed by atoms with Crippen molar-refractivity contribution >= 4 is 22.7 Å². The summed E-state index contributed by atoms with van der Waals surface area (Å²) in [5.41, 5.74) is 2.81. The fourth-order valence-electron chi connectivity index (χ4n) is 3.57. The molecule has 138 valence electrons. The van der Waals surface area contributed by atoms with Gasteiger partial charge < -0.3 is 14.8 Å². The predicted molar refractivity (Wildman–Crippen MR) is 101 cm³/mol. The maximum atomic E-state index is 13.3. The molecule has 0 radical (unpaired) electrons. The van der Waals surface area contributed by atoms with Crippen molar-refractivity contribution < 1.29 is 14.0 Å². The number of H-pyrrole nitrogens is 1. The van der Waals surface area contributed by atoms with Crippen LogP contribution < -0.4 is 0 Å². The molecule has 1 saturated heterocycles. The zero-order valence-corrected chi connectivity index (χ0v) is 15.0. The number of hydrogen-bond donors (Lipinski definition) is 1. The van der Waals surface area contributed by atoms with E-state index < -0.39 is 5.82 Å². The number of carbonyl (C=O) groups excluding carboxylic acids is 2. The Morgan fingerprint density at radius 3 is 2.26 bits per heavy atom. The third-order valence-corrected chi connectivity index (χ3v) is 5.11. The second-order valence-corrected chi connectivity index (χ2v) is 6.77. The summed E-state index contributed by atoms with van der Waals surface area (Å²) >= 11 is 0. The van der Waals surface area contributed by atoms with Crippen LogP contribution in [0.1, 0.15) is 26.4 Å². The second-order valence-electron chi connectivity index (χ2n) is 6.77. The molecule has 27 heavy (non-hydrogen) atoms. The van der Waals surface area contributed by atoms with Gasteiger partial charge in [-0.25, -0.2) is 4.39 Å². The van der Waals surface area contributed by atoms with Crippen molar-refractivity contribution in [2.75, 3.05) is 26.2 Å². The molecule has 1 aromatic heterocycles. The number of piperazine rings is 1. The van der Waals surface area contributed by atoms with Crippen LogP contribution in [0.25, 0.3) is 10.9 Å². The van der Waals surface area contributed by atoms with Gasteiger partial charge in [0.05, 0.1) is 0 Å². The smallest absolute Gasteiger partial charge is 0.270 e. The van der Waals surface area contributed by atoms with Gasteiger partial charge in [-0.05, 0) is 36.8 Å². The molecule has 3 aromatic rings. The highest BCUT2D eigenvalue weighted by Crippen LogP contribution is 2.23. The van der Waals surface area contributed by atoms with Crippen molar-refractivity contribution in [1.82, 2.24) is 14.8 Å². The second kappa shape index (κ2) is 6.87. The van der Waals surface area contributed by atoms with Gasteiger partial charge in [0.1, 0.15) is 11.5 Å². The molecule has 1 fully saturated rings. The van der Waals surface area contributed by atoms with E-state index in [1.54, 1.807) is 15.9 Å². The van der Waals surface area contributed by atoms with Gasteiger partial charge in [-0.2, -0.15) is 0 Å². The standard InChI is InChI=1S/C21H20FN3O2/c1-14-17-7-2-3-8-18(17)23-19(14)21(27)25-11-9-24(10-12-25)20(26)15-5-4-6-16(22)13-15/h2-8,13,23H,9-12H2,1H3. The molecule has 0 unspecified atom stereocenters. The fraction of sp³-hybridized carbons (Fsp3) is 0.238. The molecule has 1 aliphatic heterocycles. The summed E-state index contributed by atoms with van der Waals surface area (Å²) in [5.74, 6) is -0.686. The molecule has 5 nitrogen and oxygen atoms in total. The van der Waals surface area contributed by atoms with E-state index in [0.29, 0.717) is 37.4 Å². The number of para-hydroxylation sites is 1. The normalized spacial score (nSPS) is 14.6. The van der Waals surface area contributed by atoms with Crippen molar-refractivity contribution in [3.63, 3.8) is 0 Å². The Morgan fingerprint density at radius 2 is 1.59 bits per heavy atom. The summed E-state index contributed by atoms with van der Waals surface area (Å²) < 4.78 is 13.3. The maximum Gasteiger partial charge on any atom is 0.270 e. The van der Waals surface area contributed by atoms with Crippen LogP contribution in [-0.4, -0.2) is 52.8 Å². The van der Waals surface area contributed by atoms with Gasteiger partial charge in [-0.3, -0.25) is 9.59 Å². The van der Waals surface area contributed by atoms with Crippen LogP contribution in [-0.2, 0) is 0 Å². The van der Waals surface area contributed by atoms with E-state index >= 15 is 0 Å². The summed E-state index contributed by atoms with van der Waals surface area (Å²) in [6.45, 7) is 3.71. The molecular formula is C21H20FN3O2. The van der Waals surface area contributed by atoms with E-state index in [-0.39, 0.29) is 11.8 Å². The number of aryl methyl sites for hydroxylation is 1. The summed E-state index contributed by atoms with van der Waals surface area (Å²) in [4.78, 5) is 32.1. The highest BCUT2D eigenvalue weighted by atomic mass is 19.1. The number of nitrogens with zero attached hydrogens (tertiary/aromatic N) is 2. The molecule has 1 N–H and O–H groups in total. The minimum atomic E-state index is -0.427. The summed E-state index contributed by atoms with van der Waals surface area (Å²) in [6.07, 6.45) is 0. The first-order chi connectivity index (χ1) is 13.0. The number of amides is 2. The van der Waals surface area contributed by atoms with Crippen LogP contribution in [0.4, 0.5) is 4.39 Å². The molecule has 0 atom stereocenters. The minimum Gasteiger partial charge on any atom is -0.350 e. The average molecular weight is 365 g/mol. The number of hydrogen-bond acceptors (Lipinski definition) is 2. The van der Waals surface area contributed by atoms with Gasteiger partial charge in [0.25, 0.3) is 11.8 Å². The number of benzene rings is 2. The van der Waals surface area contributed by atoms with Gasteiger partial charge in [0, 0.05) is 42.6 Å². The van der Waals surface area contributed by atoms with Crippen molar-refractivity contribution in [3.05, 3.63) is 71.2 Å². The maximum absolute atomic E-state index is 13.3. The van der Waals surface area contributed by atoms with E-state index in [4.69, 9.17) is 0 Å². The van der Waals surface area contributed by atoms with Crippen LogP contribution >= 0.6 is 0 Å². The molecule has 2 heterocycles. The topological polar surface area (TPSA) is 56.4 Å². The van der Waals surface area contributed by atoms with Crippen LogP contribution in [0, 0.1) is 12.7 Å². The lowest BCUT2D eigenvalue weighted by molar-refractivity contribution is 0.0532. The van der Waals surface area contributed by atoms with Crippen LogP contribution in [0.3, 0.4) is 0 Å². The highest BCUT2D eigenvalue weighted by Gasteiger charge is 2.27. The first-order valence-electron chi connectivity index (χ1n) is 8.96. The number of rotatable bonds is 2. The molecule has 1 aliphatic rings. The monoisotopic (exact) mass is 365 g/mol. The van der Waals surface area contributed by atoms with Gasteiger partial charge in [0.2, 0.25) is 0 Å². The number of carbonyl (C=O) groups is 2. The Labute approximate surface area is 156 Å². The molecule has 0 bridgehead atoms. The quantitative estimate of drug-likeness (QED) is 0.758. The number of nitrogens with one attached hydrogen (secondary N) is 1. The van der Waals surface area contributed by atoms with E-state index in [0.717, 1.165) is 16.5 Å². The van der Waals surface area contributed by atoms with Gasteiger partial charge in [-0.1, -0.05) is 24.3 Å². The fourth-order valence-corrected chi connectivity index (χ4v) is 3.57. The van der Waals surface area contributed by atoms with Gasteiger partial charge in [-0.15, -0.1) is 0 Å². The number of aromatic amines is 1. The zero-order valence-electron chi connectivity index (χ0n) is 15.0. The average Bonchev–Trinajstić information content (AvgIpc) is 3.04. The van der Waals surface area contributed by atoms with Crippen LogP contribution in [0.2, 0.25) is 0 Å². The third kappa shape index (κ3) is 3.18. The van der Waals surface area contributed by atoms with E-state index in [9.17, 15) is 14.0 Å². The summed E-state index contributed by atoms with van der Waals surface area (Å²) in [5, 5.41) is 1.04. The molecule has 0 spiro atoms. The first-order valence-corrected chi connectivity index (χ1v) is 8.96. The molecule has 0 aliphatic carbocycles. The van der Waals surface area contributed by atoms with Crippen molar-refractivity contribution in [2.45, 2.75) is 6.92 Å². The Kier molecular flexibility index (Phi) is 4.39. The zero-order chi connectivity index (χ0) is 19.0. The number of fused-ring (bicyclic) bond motifs is 1. The SMILES string of the molecule is Cc1c(C(=O)N2CCN(C(=O)c3cccc(F)c3)CC2)[nH]c2ccccc12. The highest BCUT2D eigenvalue weighted by molar-refractivity contribution is 6.01. The lowest BCUT2D eigenvalue weighted by atomic mass is 10.1. The third-order valence-electron chi connectivity index (χ3n) is 5.11. The summed E-state index contributed by atoms with van der Waals surface area (Å²) in [6, 6.07) is 13.5. The number of halogens is 1. The molecule has 4 rings (SSSR count). The molecular weight excluding hydrogens is 345 g/mol. The summed E-state index contributed by atoms with van der Waals surface area (Å²) in [7, 11) is 0. The Hall–Kier alpha value is -3.15. The molecule has 0 saturated carbocycles. The Morgan fingerprint density at radius 1 is 0.926 bits per heavy atom. The lowest BCUT2D eigenvalue weighted by Crippen LogP contribution is -2.50. The lowest BCUT2D eigenvalue weighted by Gasteiger charge is -2.34. The minimum absolute atomic E-state index is 0.0541. The van der Waals surface area contributed by atoms with Crippen molar-refractivity contribution in [1.29, 1.82) is 0 Å². The Balaban J connectivity index is 1.46. The first kappa shape index (κ1) is 17.3. The van der Waals surface area contributed by atoms with E-state index in [1.807, 2.05) is 31.2 Å². The molecule has 2 aromatic carbocycles. The largest absolute Gasteiger partial charge is 0.350 e. The van der Waals surface area contributed by atoms with Gasteiger partial charge in [0.15, 0.2) is 0 Å². The van der Waals surface area contributed by atoms with Gasteiger partial charge >= 0.3 is 0 Å². The number of aromatic nitrogens is 1. The van der Waals surface area contributed by atoms with Crippen LogP contribution in [0.15, 0.2) is 48.5 Å². The van der Waals surface area contributed by atoms with E-state index in [2.05, 4.69) is 4.98 Å².